The number of aromatic carboxylic acids is 1. The summed E-state index contributed by atoms with van der Waals surface area (Å²) in [5, 5.41) is 21.6. The number of carboxylic acids is 1. The Kier molecular flexibility index (Phi) is 4.19. The minimum atomic E-state index is -1.29. The number of hydrogen-bond donors (Lipinski definition) is 2. The van der Waals surface area contributed by atoms with Crippen LogP contribution in [0.3, 0.4) is 0 Å². The van der Waals surface area contributed by atoms with Crippen LogP contribution in [0, 0.1) is 10.1 Å². The van der Waals surface area contributed by atoms with Crippen molar-refractivity contribution in [3.8, 4) is 0 Å². The molecule has 2 N–H and O–H groups in total. The first-order valence-corrected chi connectivity index (χ1v) is 4.91. The van der Waals surface area contributed by atoms with Crippen LogP contribution >= 0.6 is 0 Å². The Morgan fingerprint density at radius 3 is 2.67 bits per heavy atom. The van der Waals surface area contributed by atoms with Gasteiger partial charge in [-0.3, -0.25) is 15.4 Å². The van der Waals surface area contributed by atoms with Gasteiger partial charge >= 0.3 is 12.1 Å². The van der Waals surface area contributed by atoms with E-state index in [1.165, 1.54) is 0 Å². The first kappa shape index (κ1) is 13.4. The Bertz CT molecular complexity index is 499. The molecule has 0 aromatic heterocycles. The molecule has 0 atom stereocenters. The Balaban J connectivity index is 3.08. The summed E-state index contributed by atoms with van der Waals surface area (Å²) in [6.07, 6.45) is -0.844. The molecule has 8 nitrogen and oxygen atoms in total. The molecule has 0 spiro atoms. The normalized spacial score (nSPS) is 9.61. The maximum absolute atomic E-state index is 11.1. The predicted octanol–water partition coefficient (Wildman–Crippen LogP) is 1.86. The third kappa shape index (κ3) is 3.17. The molecular formula is C10H10N2O6. The maximum atomic E-state index is 11.1. The second kappa shape index (κ2) is 5.62. The zero-order valence-corrected chi connectivity index (χ0v) is 9.37. The van der Waals surface area contributed by atoms with E-state index < -0.39 is 22.7 Å². The lowest BCUT2D eigenvalue weighted by Crippen LogP contribution is -2.14. The number of rotatable bonds is 4. The van der Waals surface area contributed by atoms with Gasteiger partial charge in [0.2, 0.25) is 0 Å². The van der Waals surface area contributed by atoms with Crippen LogP contribution < -0.4 is 5.32 Å². The number of nitrogens with zero attached hydrogens (tertiary/aromatic N) is 1. The number of carbonyl (C=O) groups excluding carboxylic acids is 1. The lowest BCUT2D eigenvalue weighted by atomic mass is 10.2. The minimum absolute atomic E-state index is 0.118. The fourth-order valence-electron chi connectivity index (χ4n) is 1.20. The van der Waals surface area contributed by atoms with Gasteiger partial charge in [-0.2, -0.15) is 0 Å². The quantitative estimate of drug-likeness (QED) is 0.625. The van der Waals surface area contributed by atoms with E-state index in [0.717, 1.165) is 18.2 Å². The van der Waals surface area contributed by atoms with E-state index in [9.17, 15) is 19.7 Å². The van der Waals surface area contributed by atoms with Crippen molar-refractivity contribution in [3.05, 3.63) is 33.9 Å². The van der Waals surface area contributed by atoms with E-state index in [2.05, 4.69) is 10.1 Å². The lowest BCUT2D eigenvalue weighted by molar-refractivity contribution is -0.384. The van der Waals surface area contributed by atoms with Crippen LogP contribution in [-0.2, 0) is 4.74 Å². The third-order valence-corrected chi connectivity index (χ3v) is 1.95. The largest absolute Gasteiger partial charge is 0.478 e. The van der Waals surface area contributed by atoms with E-state index in [1.54, 1.807) is 6.92 Å². The summed E-state index contributed by atoms with van der Waals surface area (Å²) in [6, 6.07) is 3.15. The molecule has 0 fully saturated rings. The second-order valence-electron chi connectivity index (χ2n) is 3.14. The van der Waals surface area contributed by atoms with E-state index in [-0.39, 0.29) is 17.9 Å². The molecule has 1 aromatic carbocycles. The van der Waals surface area contributed by atoms with Gasteiger partial charge in [-0.15, -0.1) is 0 Å². The zero-order chi connectivity index (χ0) is 13.7. The van der Waals surface area contributed by atoms with Gasteiger partial charge in [0.25, 0.3) is 5.69 Å². The number of nitrogens with one attached hydrogen (secondary N) is 1. The highest BCUT2D eigenvalue weighted by molar-refractivity contribution is 5.92. The summed E-state index contributed by atoms with van der Waals surface area (Å²) >= 11 is 0. The van der Waals surface area contributed by atoms with Crippen molar-refractivity contribution < 1.29 is 24.4 Å². The third-order valence-electron chi connectivity index (χ3n) is 1.95. The Morgan fingerprint density at radius 1 is 1.50 bits per heavy atom. The van der Waals surface area contributed by atoms with Crippen LogP contribution in [0.2, 0.25) is 0 Å². The van der Waals surface area contributed by atoms with Crippen molar-refractivity contribution in [1.82, 2.24) is 0 Å². The Labute approximate surface area is 101 Å². The summed E-state index contributed by atoms with van der Waals surface area (Å²) in [5.41, 5.74) is -0.873. The zero-order valence-electron chi connectivity index (χ0n) is 9.37. The van der Waals surface area contributed by atoms with Crippen LogP contribution in [0.1, 0.15) is 17.3 Å². The molecule has 1 aromatic rings. The molecule has 0 heterocycles. The highest BCUT2D eigenvalue weighted by Gasteiger charge is 2.19. The van der Waals surface area contributed by atoms with Crippen molar-refractivity contribution in [3.63, 3.8) is 0 Å². The molecule has 0 aliphatic rings. The van der Waals surface area contributed by atoms with Crippen LogP contribution in [-0.4, -0.2) is 28.7 Å². The molecule has 1 amide bonds. The average molecular weight is 254 g/mol. The molecular weight excluding hydrogens is 244 g/mol. The minimum Gasteiger partial charge on any atom is -0.478 e. The van der Waals surface area contributed by atoms with Gasteiger partial charge in [0.1, 0.15) is 5.69 Å². The van der Waals surface area contributed by atoms with Crippen LogP contribution in [0.25, 0.3) is 0 Å². The van der Waals surface area contributed by atoms with Crippen molar-refractivity contribution in [2.24, 2.45) is 0 Å². The second-order valence-corrected chi connectivity index (χ2v) is 3.14. The molecule has 0 bridgehead atoms. The topological polar surface area (TPSA) is 119 Å². The van der Waals surface area contributed by atoms with Crippen molar-refractivity contribution in [1.29, 1.82) is 0 Å². The molecule has 8 heteroatoms. The van der Waals surface area contributed by atoms with Crippen LogP contribution in [0.15, 0.2) is 18.2 Å². The van der Waals surface area contributed by atoms with Gasteiger partial charge in [0.05, 0.1) is 17.1 Å². The first-order chi connectivity index (χ1) is 8.45. The highest BCUT2D eigenvalue weighted by atomic mass is 16.6. The highest BCUT2D eigenvalue weighted by Crippen LogP contribution is 2.25. The SMILES string of the molecule is CCOC(=O)Nc1ccc(C(=O)O)cc1[N+](=O)[O-]. The fraction of sp³-hybridized carbons (Fsp3) is 0.200. The number of anilines is 1. The van der Waals surface area contributed by atoms with Crippen LogP contribution in [0.4, 0.5) is 16.2 Å². The van der Waals surface area contributed by atoms with Gasteiger partial charge in [0, 0.05) is 6.07 Å². The monoisotopic (exact) mass is 254 g/mol. The van der Waals surface area contributed by atoms with Crippen LogP contribution in [0.5, 0.6) is 0 Å². The number of hydrogen-bond acceptors (Lipinski definition) is 5. The lowest BCUT2D eigenvalue weighted by Gasteiger charge is -2.06. The number of ether oxygens (including phenoxy) is 1. The molecule has 0 radical (unpaired) electrons. The molecule has 1 rings (SSSR count). The maximum Gasteiger partial charge on any atom is 0.411 e. The van der Waals surface area contributed by atoms with Gasteiger partial charge in [-0.25, -0.2) is 9.59 Å². The first-order valence-electron chi connectivity index (χ1n) is 4.91. The average Bonchev–Trinajstić information content (AvgIpc) is 2.29. The molecule has 18 heavy (non-hydrogen) atoms. The molecule has 96 valence electrons. The van der Waals surface area contributed by atoms with Crippen molar-refractivity contribution in [2.45, 2.75) is 6.92 Å². The summed E-state index contributed by atoms with van der Waals surface area (Å²) in [5.74, 6) is -1.29. The predicted molar refractivity (Wildman–Crippen MR) is 60.7 cm³/mol. The van der Waals surface area contributed by atoms with Crippen molar-refractivity contribution >= 4 is 23.4 Å². The van der Waals surface area contributed by atoms with E-state index in [4.69, 9.17) is 5.11 Å². The van der Waals surface area contributed by atoms with Gasteiger partial charge in [0.15, 0.2) is 0 Å². The standard InChI is InChI=1S/C10H10N2O6/c1-2-18-10(15)11-7-4-3-6(9(13)14)5-8(7)12(16)17/h3-5H,2H2,1H3,(H,11,15)(H,13,14). The van der Waals surface area contributed by atoms with Gasteiger partial charge < -0.3 is 9.84 Å². The number of carboxylic acid groups (broad SMARTS) is 1. The van der Waals surface area contributed by atoms with Gasteiger partial charge in [-0.05, 0) is 19.1 Å². The smallest absolute Gasteiger partial charge is 0.411 e. The molecule has 0 saturated carbocycles. The Hall–Kier alpha value is -2.64. The number of nitro groups is 1. The van der Waals surface area contributed by atoms with E-state index >= 15 is 0 Å². The summed E-state index contributed by atoms with van der Waals surface area (Å²) in [4.78, 5) is 31.8. The number of benzene rings is 1. The number of carbonyl (C=O) groups is 2. The summed E-state index contributed by atoms with van der Waals surface area (Å²) in [7, 11) is 0. The molecule has 0 unspecified atom stereocenters. The summed E-state index contributed by atoms with van der Waals surface area (Å²) < 4.78 is 4.57. The van der Waals surface area contributed by atoms with E-state index in [1.807, 2.05) is 0 Å². The molecule has 0 aliphatic carbocycles. The van der Waals surface area contributed by atoms with Crippen molar-refractivity contribution in [2.75, 3.05) is 11.9 Å². The van der Waals surface area contributed by atoms with Gasteiger partial charge in [-0.1, -0.05) is 0 Å². The molecule has 0 aliphatic heterocycles. The molecule has 0 saturated heterocycles. The Morgan fingerprint density at radius 2 is 2.17 bits per heavy atom. The summed E-state index contributed by atoms with van der Waals surface area (Å²) in [6.45, 7) is 1.70. The van der Waals surface area contributed by atoms with E-state index in [0.29, 0.717) is 0 Å². The number of amides is 1. The fourth-order valence-corrected chi connectivity index (χ4v) is 1.20. The number of nitro benzene ring substituents is 1.